The maximum absolute atomic E-state index is 2.46. The van der Waals surface area contributed by atoms with E-state index in [2.05, 4.69) is 206 Å². The molecule has 0 fully saturated rings. The number of rotatable bonds is 7. The van der Waals surface area contributed by atoms with Crippen LogP contribution in [0.3, 0.4) is 0 Å². The average Bonchev–Trinajstić information content (AvgIpc) is 3.51. The van der Waals surface area contributed by atoms with Gasteiger partial charge in [0.1, 0.15) is 0 Å². The van der Waals surface area contributed by atoms with Crippen LogP contribution >= 0.6 is 11.3 Å². The molecule has 0 bridgehead atoms. The van der Waals surface area contributed by atoms with Crippen LogP contribution in [-0.4, -0.2) is 0 Å². The highest BCUT2D eigenvalue weighted by molar-refractivity contribution is 7.25. The van der Waals surface area contributed by atoms with Crippen molar-refractivity contribution >= 4 is 65.6 Å². The Balaban J connectivity index is 1.49. The molecule has 8 aromatic rings. The summed E-state index contributed by atoms with van der Waals surface area (Å²) in [5, 5.41) is 2.60. The van der Waals surface area contributed by atoms with E-state index < -0.39 is 0 Å². The van der Waals surface area contributed by atoms with Crippen LogP contribution < -0.4 is 9.80 Å². The Bertz CT molecular complexity index is 2320. The van der Waals surface area contributed by atoms with Gasteiger partial charge in [0, 0.05) is 48.5 Å². The zero-order valence-electron chi connectivity index (χ0n) is 28.0. The highest BCUT2D eigenvalue weighted by atomic mass is 32.1. The summed E-state index contributed by atoms with van der Waals surface area (Å²) >= 11 is 1.86. The molecule has 0 unspecified atom stereocenters. The van der Waals surface area contributed by atoms with Gasteiger partial charge in [0.2, 0.25) is 0 Å². The van der Waals surface area contributed by atoms with Crippen molar-refractivity contribution in [1.82, 2.24) is 0 Å². The first-order valence-electron chi connectivity index (χ1n) is 16.9. The van der Waals surface area contributed by atoms with Crippen molar-refractivity contribution in [3.8, 4) is 11.1 Å². The molecular formula is C46H38N2S. The van der Waals surface area contributed by atoms with Crippen molar-refractivity contribution < 1.29 is 0 Å². The number of para-hydroxylation sites is 3. The van der Waals surface area contributed by atoms with E-state index in [1.165, 1.54) is 31.3 Å². The van der Waals surface area contributed by atoms with Gasteiger partial charge in [-0.05, 0) is 83.3 Å². The molecule has 0 N–H and O–H groups in total. The number of fused-ring (bicyclic) bond motifs is 3. The Labute approximate surface area is 293 Å². The number of hydrogen-bond acceptors (Lipinski definition) is 3. The summed E-state index contributed by atoms with van der Waals surface area (Å²) in [5.74, 6) is 0. The summed E-state index contributed by atoms with van der Waals surface area (Å²) in [4.78, 5) is 4.87. The first kappa shape index (κ1) is 30.7. The minimum absolute atomic E-state index is 0.116. The second-order valence-electron chi connectivity index (χ2n) is 13.5. The van der Waals surface area contributed by atoms with E-state index in [0.717, 1.165) is 39.7 Å². The van der Waals surface area contributed by atoms with E-state index in [-0.39, 0.29) is 5.41 Å². The van der Waals surface area contributed by atoms with E-state index >= 15 is 0 Å². The maximum atomic E-state index is 2.46. The molecule has 7 aromatic carbocycles. The van der Waals surface area contributed by atoms with Gasteiger partial charge in [-0.25, -0.2) is 0 Å². The van der Waals surface area contributed by atoms with Gasteiger partial charge in [0.05, 0.1) is 11.4 Å². The number of hydrogen-bond donors (Lipinski definition) is 0. The predicted molar refractivity (Wildman–Crippen MR) is 213 cm³/mol. The minimum atomic E-state index is -0.116. The molecule has 0 aliphatic carbocycles. The van der Waals surface area contributed by atoms with E-state index in [9.17, 15) is 0 Å². The summed E-state index contributed by atoms with van der Waals surface area (Å²) in [6.45, 7) is 6.93. The number of benzene rings is 7. The average molecular weight is 651 g/mol. The SMILES string of the molecule is CC(C)(C)c1cc(N(c2ccccc2)c2ccccc2)c(-c2ccccc2)c(N(c2ccccc2)c2ccc3c(c2)sc2ccccc23)c1. The first-order chi connectivity index (χ1) is 24.0. The third-order valence-electron chi connectivity index (χ3n) is 9.17. The predicted octanol–water partition coefficient (Wildman–Crippen LogP) is 14.0. The molecular weight excluding hydrogens is 613 g/mol. The largest absolute Gasteiger partial charge is 0.310 e. The Hall–Kier alpha value is -5.64. The fraction of sp³-hybridized carbons (Fsp3) is 0.0870. The van der Waals surface area contributed by atoms with Crippen LogP contribution in [0.25, 0.3) is 31.3 Å². The summed E-state index contributed by atoms with van der Waals surface area (Å²) < 4.78 is 2.59. The smallest absolute Gasteiger partial charge is 0.0564 e. The standard InChI is InChI=1S/C46H38N2S/c1-46(2,3)34-30-41(47(35-20-10-5-11-21-35)36-22-12-6-13-23-36)45(33-18-8-4-9-19-33)42(31-34)48(37-24-14-7-15-25-37)38-28-29-40-39-26-16-17-27-43(39)49-44(40)32-38/h4-32H,1-3H3. The Kier molecular flexibility index (Phi) is 7.99. The van der Waals surface area contributed by atoms with Gasteiger partial charge >= 0.3 is 0 Å². The molecule has 238 valence electrons. The third kappa shape index (κ3) is 5.88. The van der Waals surface area contributed by atoms with Gasteiger partial charge in [-0.1, -0.05) is 130 Å². The van der Waals surface area contributed by atoms with E-state index in [1.54, 1.807) is 0 Å². The fourth-order valence-electron chi connectivity index (χ4n) is 6.74. The molecule has 1 aromatic heterocycles. The van der Waals surface area contributed by atoms with Crippen LogP contribution in [0.5, 0.6) is 0 Å². The van der Waals surface area contributed by atoms with Crippen LogP contribution in [-0.2, 0) is 5.41 Å². The minimum Gasteiger partial charge on any atom is -0.310 e. The molecule has 8 rings (SSSR count). The molecule has 3 heteroatoms. The summed E-state index contributed by atoms with van der Waals surface area (Å²) in [6, 6.07) is 63.7. The summed E-state index contributed by atoms with van der Waals surface area (Å²) in [7, 11) is 0. The molecule has 0 amide bonds. The van der Waals surface area contributed by atoms with Crippen molar-refractivity contribution in [3.63, 3.8) is 0 Å². The van der Waals surface area contributed by atoms with Gasteiger partial charge in [0.15, 0.2) is 0 Å². The fourth-order valence-corrected chi connectivity index (χ4v) is 7.88. The lowest BCUT2D eigenvalue weighted by atomic mass is 9.84. The van der Waals surface area contributed by atoms with Crippen molar-refractivity contribution in [2.45, 2.75) is 26.2 Å². The highest BCUT2D eigenvalue weighted by Gasteiger charge is 2.28. The van der Waals surface area contributed by atoms with Gasteiger partial charge in [-0.15, -0.1) is 11.3 Å². The highest BCUT2D eigenvalue weighted by Crippen LogP contribution is 2.51. The topological polar surface area (TPSA) is 6.48 Å². The molecule has 0 aliphatic heterocycles. The Morgan fingerprint density at radius 1 is 0.408 bits per heavy atom. The normalized spacial score (nSPS) is 11.6. The number of anilines is 6. The Morgan fingerprint density at radius 2 is 0.857 bits per heavy atom. The van der Waals surface area contributed by atoms with Gasteiger partial charge in [-0.2, -0.15) is 0 Å². The van der Waals surface area contributed by atoms with Crippen LogP contribution in [0.15, 0.2) is 176 Å². The van der Waals surface area contributed by atoms with Gasteiger partial charge in [-0.3, -0.25) is 0 Å². The molecule has 0 saturated carbocycles. The van der Waals surface area contributed by atoms with Crippen LogP contribution in [0.2, 0.25) is 0 Å². The van der Waals surface area contributed by atoms with Gasteiger partial charge < -0.3 is 9.80 Å². The zero-order chi connectivity index (χ0) is 33.4. The van der Waals surface area contributed by atoms with Crippen molar-refractivity contribution in [2.24, 2.45) is 0 Å². The molecule has 1 heterocycles. The lowest BCUT2D eigenvalue weighted by Gasteiger charge is -2.35. The lowest BCUT2D eigenvalue weighted by molar-refractivity contribution is 0.590. The second-order valence-corrected chi connectivity index (χ2v) is 14.5. The van der Waals surface area contributed by atoms with E-state index in [0.29, 0.717) is 0 Å². The molecule has 2 nitrogen and oxygen atoms in total. The summed E-state index contributed by atoms with van der Waals surface area (Å²) in [6.07, 6.45) is 0. The lowest BCUT2D eigenvalue weighted by Crippen LogP contribution is -2.19. The Morgan fingerprint density at radius 3 is 1.39 bits per heavy atom. The maximum Gasteiger partial charge on any atom is 0.0564 e. The second kappa shape index (κ2) is 12.8. The molecule has 0 atom stereocenters. The van der Waals surface area contributed by atoms with Crippen LogP contribution in [0.4, 0.5) is 34.1 Å². The zero-order valence-corrected chi connectivity index (χ0v) is 28.9. The van der Waals surface area contributed by atoms with Crippen LogP contribution in [0.1, 0.15) is 26.3 Å². The quantitative estimate of drug-likeness (QED) is 0.169. The van der Waals surface area contributed by atoms with E-state index in [4.69, 9.17) is 0 Å². The summed E-state index contributed by atoms with van der Waals surface area (Å²) in [5.41, 5.74) is 10.2. The van der Waals surface area contributed by atoms with E-state index in [1.807, 2.05) is 11.3 Å². The van der Waals surface area contributed by atoms with Crippen molar-refractivity contribution in [2.75, 3.05) is 9.80 Å². The van der Waals surface area contributed by atoms with Crippen molar-refractivity contribution in [1.29, 1.82) is 0 Å². The van der Waals surface area contributed by atoms with Gasteiger partial charge in [0.25, 0.3) is 0 Å². The molecule has 0 saturated heterocycles. The monoisotopic (exact) mass is 650 g/mol. The first-order valence-corrected chi connectivity index (χ1v) is 17.7. The molecule has 49 heavy (non-hydrogen) atoms. The molecule has 0 spiro atoms. The number of nitrogens with zero attached hydrogens (tertiary/aromatic N) is 2. The molecule has 0 radical (unpaired) electrons. The van der Waals surface area contributed by atoms with Crippen LogP contribution in [0, 0.1) is 0 Å². The third-order valence-corrected chi connectivity index (χ3v) is 10.3. The molecule has 0 aliphatic rings. The van der Waals surface area contributed by atoms with Crippen molar-refractivity contribution in [3.05, 3.63) is 181 Å². The number of thiophene rings is 1.